The first-order chi connectivity index (χ1) is 11.4. The predicted octanol–water partition coefficient (Wildman–Crippen LogP) is 2.41. The van der Waals surface area contributed by atoms with Gasteiger partial charge in [-0.25, -0.2) is 4.98 Å². The fourth-order valence-electron chi connectivity index (χ4n) is 2.62. The molecule has 6 nitrogen and oxygen atoms in total. The van der Waals surface area contributed by atoms with Gasteiger partial charge in [0.05, 0.1) is 17.6 Å². The van der Waals surface area contributed by atoms with Crippen LogP contribution in [0.4, 0.5) is 5.69 Å². The van der Waals surface area contributed by atoms with Gasteiger partial charge in [-0.1, -0.05) is 12.1 Å². The van der Waals surface area contributed by atoms with E-state index in [1.54, 1.807) is 35.3 Å². The summed E-state index contributed by atoms with van der Waals surface area (Å²) < 4.78 is 13.1. The molecule has 0 spiro atoms. The summed E-state index contributed by atoms with van der Waals surface area (Å²) in [6.45, 7) is 1.91. The maximum Gasteiger partial charge on any atom is 0.255 e. The SMILES string of the molecule is Cc1nn(C)c2ncc(NC(=O)c3cccc(CS(C)=O)c3)cc12. The first-order valence-electron chi connectivity index (χ1n) is 7.43. The lowest BCUT2D eigenvalue weighted by atomic mass is 10.1. The Morgan fingerprint density at radius 1 is 1.33 bits per heavy atom. The van der Waals surface area contributed by atoms with Crippen LogP contribution in [0, 0.1) is 6.92 Å². The van der Waals surface area contributed by atoms with Crippen LogP contribution in [0.15, 0.2) is 36.5 Å². The minimum Gasteiger partial charge on any atom is -0.321 e. The summed E-state index contributed by atoms with van der Waals surface area (Å²) in [7, 11) is 0.894. The minimum absolute atomic E-state index is 0.221. The fraction of sp³-hybridized carbons (Fsp3) is 0.235. The number of nitrogens with zero attached hydrogens (tertiary/aromatic N) is 3. The fourth-order valence-corrected chi connectivity index (χ4v) is 3.27. The number of hydrogen-bond donors (Lipinski definition) is 1. The summed E-state index contributed by atoms with van der Waals surface area (Å²) in [5, 5.41) is 8.08. The quantitative estimate of drug-likeness (QED) is 0.790. The Bertz CT molecular complexity index is 949. The number of rotatable bonds is 4. The number of fused-ring (bicyclic) bond motifs is 1. The Kier molecular flexibility index (Phi) is 4.44. The minimum atomic E-state index is -0.943. The Hall–Kier alpha value is -2.54. The number of hydrogen-bond acceptors (Lipinski definition) is 4. The Balaban J connectivity index is 1.84. The molecular formula is C17H18N4O2S. The second-order valence-corrected chi connectivity index (χ2v) is 7.11. The molecule has 0 radical (unpaired) electrons. The largest absolute Gasteiger partial charge is 0.321 e. The van der Waals surface area contributed by atoms with Crippen LogP contribution in [-0.4, -0.2) is 31.1 Å². The van der Waals surface area contributed by atoms with Crippen LogP contribution >= 0.6 is 0 Å². The monoisotopic (exact) mass is 342 g/mol. The van der Waals surface area contributed by atoms with E-state index in [2.05, 4.69) is 15.4 Å². The average Bonchev–Trinajstić information content (AvgIpc) is 2.81. The molecule has 0 aliphatic heterocycles. The van der Waals surface area contributed by atoms with E-state index < -0.39 is 10.8 Å². The highest BCUT2D eigenvalue weighted by Gasteiger charge is 2.11. The van der Waals surface area contributed by atoms with Crippen LogP contribution in [0.2, 0.25) is 0 Å². The number of pyridine rings is 1. The van der Waals surface area contributed by atoms with E-state index in [9.17, 15) is 9.00 Å². The number of carbonyl (C=O) groups excluding carboxylic acids is 1. The molecule has 0 saturated carbocycles. The molecule has 7 heteroatoms. The molecule has 3 rings (SSSR count). The summed E-state index contributed by atoms with van der Waals surface area (Å²) in [5.41, 5.74) is 3.66. The molecule has 0 saturated heterocycles. The van der Waals surface area contributed by atoms with E-state index in [0.29, 0.717) is 17.0 Å². The zero-order valence-corrected chi connectivity index (χ0v) is 14.6. The topological polar surface area (TPSA) is 76.9 Å². The van der Waals surface area contributed by atoms with Crippen molar-refractivity contribution in [3.8, 4) is 0 Å². The number of carbonyl (C=O) groups is 1. The van der Waals surface area contributed by atoms with Gasteiger partial charge in [-0.2, -0.15) is 5.10 Å². The molecule has 0 aliphatic rings. The van der Waals surface area contributed by atoms with Crippen molar-refractivity contribution in [3.63, 3.8) is 0 Å². The van der Waals surface area contributed by atoms with Gasteiger partial charge in [0.25, 0.3) is 5.91 Å². The first kappa shape index (κ1) is 16.3. The molecule has 3 aromatic rings. The van der Waals surface area contributed by atoms with Gasteiger partial charge in [0.2, 0.25) is 0 Å². The second kappa shape index (κ2) is 6.52. The van der Waals surface area contributed by atoms with Gasteiger partial charge < -0.3 is 5.32 Å². The average molecular weight is 342 g/mol. The van der Waals surface area contributed by atoms with Crippen molar-refractivity contribution in [3.05, 3.63) is 53.3 Å². The maximum absolute atomic E-state index is 12.4. The van der Waals surface area contributed by atoms with E-state index in [0.717, 1.165) is 22.3 Å². The lowest BCUT2D eigenvalue weighted by Crippen LogP contribution is -2.12. The number of aryl methyl sites for hydroxylation is 2. The second-order valence-electron chi connectivity index (χ2n) is 5.68. The van der Waals surface area contributed by atoms with E-state index >= 15 is 0 Å². The highest BCUT2D eigenvalue weighted by Crippen LogP contribution is 2.20. The number of aromatic nitrogens is 3. The van der Waals surface area contributed by atoms with Crippen LogP contribution in [0.25, 0.3) is 11.0 Å². The Morgan fingerprint density at radius 3 is 2.88 bits per heavy atom. The molecule has 0 fully saturated rings. The summed E-state index contributed by atoms with van der Waals surface area (Å²) in [5.74, 6) is 0.213. The van der Waals surface area contributed by atoms with Crippen molar-refractivity contribution < 1.29 is 9.00 Å². The molecule has 124 valence electrons. The van der Waals surface area contributed by atoms with Crippen molar-refractivity contribution >= 4 is 33.4 Å². The molecule has 2 heterocycles. The number of amides is 1. The summed E-state index contributed by atoms with van der Waals surface area (Å²) in [4.78, 5) is 16.8. The first-order valence-corrected chi connectivity index (χ1v) is 9.16. The van der Waals surface area contributed by atoms with E-state index in [1.807, 2.05) is 26.1 Å². The van der Waals surface area contributed by atoms with Gasteiger partial charge in [0, 0.05) is 40.8 Å². The van der Waals surface area contributed by atoms with Crippen molar-refractivity contribution in [2.45, 2.75) is 12.7 Å². The highest BCUT2D eigenvalue weighted by atomic mass is 32.2. The molecule has 2 aromatic heterocycles. The molecule has 0 aliphatic carbocycles. The highest BCUT2D eigenvalue weighted by molar-refractivity contribution is 7.83. The lowest BCUT2D eigenvalue weighted by Gasteiger charge is -2.07. The molecular weight excluding hydrogens is 324 g/mol. The third kappa shape index (κ3) is 3.35. The third-order valence-electron chi connectivity index (χ3n) is 3.68. The molecule has 1 unspecified atom stereocenters. The number of nitrogens with one attached hydrogen (secondary N) is 1. The molecule has 1 aromatic carbocycles. The smallest absolute Gasteiger partial charge is 0.255 e. The standard InChI is InChI=1S/C17H18N4O2S/c1-11-15-8-14(9-18-16(15)21(2)20-11)19-17(22)13-6-4-5-12(7-13)10-24(3)23/h4-9H,10H2,1-3H3,(H,19,22). The molecule has 1 atom stereocenters. The third-order valence-corrected chi connectivity index (χ3v) is 4.42. The normalized spacial score (nSPS) is 12.3. The molecule has 24 heavy (non-hydrogen) atoms. The van der Waals surface area contributed by atoms with Crippen LogP contribution in [0.5, 0.6) is 0 Å². The van der Waals surface area contributed by atoms with Gasteiger partial charge in [-0.05, 0) is 30.7 Å². The van der Waals surface area contributed by atoms with E-state index in [-0.39, 0.29) is 5.91 Å². The van der Waals surface area contributed by atoms with Gasteiger partial charge in [-0.3, -0.25) is 13.7 Å². The summed E-state index contributed by atoms with van der Waals surface area (Å²) >= 11 is 0. The number of benzene rings is 1. The van der Waals surface area contributed by atoms with Crippen molar-refractivity contribution in [2.24, 2.45) is 7.05 Å². The van der Waals surface area contributed by atoms with E-state index in [4.69, 9.17) is 0 Å². The van der Waals surface area contributed by atoms with Crippen LogP contribution in [-0.2, 0) is 23.6 Å². The predicted molar refractivity (Wildman–Crippen MR) is 95.4 cm³/mol. The molecule has 1 N–H and O–H groups in total. The lowest BCUT2D eigenvalue weighted by molar-refractivity contribution is 0.102. The van der Waals surface area contributed by atoms with Crippen LogP contribution < -0.4 is 5.32 Å². The maximum atomic E-state index is 12.4. The Labute approximate surface area is 142 Å². The van der Waals surface area contributed by atoms with Crippen LogP contribution in [0.1, 0.15) is 21.6 Å². The van der Waals surface area contributed by atoms with Gasteiger partial charge in [-0.15, -0.1) is 0 Å². The van der Waals surface area contributed by atoms with Crippen LogP contribution in [0.3, 0.4) is 0 Å². The Morgan fingerprint density at radius 2 is 2.12 bits per heavy atom. The van der Waals surface area contributed by atoms with Crippen molar-refractivity contribution in [1.29, 1.82) is 0 Å². The molecule has 1 amide bonds. The van der Waals surface area contributed by atoms with Crippen molar-refractivity contribution in [1.82, 2.24) is 14.8 Å². The van der Waals surface area contributed by atoms with Gasteiger partial charge >= 0.3 is 0 Å². The van der Waals surface area contributed by atoms with Gasteiger partial charge in [0.1, 0.15) is 0 Å². The van der Waals surface area contributed by atoms with E-state index in [1.165, 1.54) is 0 Å². The number of anilines is 1. The summed E-state index contributed by atoms with van der Waals surface area (Å²) in [6, 6.07) is 9.03. The zero-order chi connectivity index (χ0) is 17.3. The zero-order valence-electron chi connectivity index (χ0n) is 13.7. The molecule has 0 bridgehead atoms. The van der Waals surface area contributed by atoms with Crippen molar-refractivity contribution in [2.75, 3.05) is 11.6 Å². The summed E-state index contributed by atoms with van der Waals surface area (Å²) in [6.07, 6.45) is 3.26. The van der Waals surface area contributed by atoms with Gasteiger partial charge in [0.15, 0.2) is 5.65 Å².